The molecule has 0 aliphatic carbocycles. The zero-order valence-electron chi connectivity index (χ0n) is 14.2. The highest BCUT2D eigenvalue weighted by Crippen LogP contribution is 2.30. The van der Waals surface area contributed by atoms with Gasteiger partial charge in [-0.05, 0) is 50.6 Å². The number of aromatic nitrogens is 2. The third-order valence-corrected chi connectivity index (χ3v) is 5.58. The molecular formula is C18H19N3OS2. The maximum Gasteiger partial charge on any atom is 0.118 e. The van der Waals surface area contributed by atoms with Crippen LogP contribution in [0.5, 0.6) is 5.75 Å². The Bertz CT molecular complexity index is 863. The van der Waals surface area contributed by atoms with E-state index in [1.54, 1.807) is 29.8 Å². The Kier molecular flexibility index (Phi) is 5.06. The quantitative estimate of drug-likeness (QED) is 0.610. The van der Waals surface area contributed by atoms with Crippen LogP contribution in [0.25, 0.3) is 10.6 Å². The molecular weight excluding hydrogens is 338 g/mol. The van der Waals surface area contributed by atoms with Gasteiger partial charge in [0.2, 0.25) is 0 Å². The van der Waals surface area contributed by atoms with Crippen LogP contribution < -0.4 is 4.74 Å². The van der Waals surface area contributed by atoms with E-state index >= 15 is 0 Å². The highest BCUT2D eigenvalue weighted by atomic mass is 32.1. The first kappa shape index (κ1) is 16.8. The number of rotatable bonds is 5. The predicted octanol–water partition coefficient (Wildman–Crippen LogP) is 4.90. The van der Waals surface area contributed by atoms with Crippen LogP contribution in [0, 0.1) is 13.8 Å². The molecule has 2 heterocycles. The molecule has 3 aromatic rings. The van der Waals surface area contributed by atoms with E-state index in [0.29, 0.717) is 6.54 Å². The molecule has 0 saturated heterocycles. The number of ether oxygens (including phenoxy) is 1. The predicted molar refractivity (Wildman–Crippen MR) is 102 cm³/mol. The maximum atomic E-state index is 5.18. The van der Waals surface area contributed by atoms with Gasteiger partial charge in [0, 0.05) is 11.1 Å². The molecule has 0 bridgehead atoms. The van der Waals surface area contributed by atoms with Gasteiger partial charge in [0.05, 0.1) is 34.9 Å². The van der Waals surface area contributed by atoms with E-state index in [-0.39, 0.29) is 0 Å². The third kappa shape index (κ3) is 3.71. The van der Waals surface area contributed by atoms with Crippen molar-refractivity contribution in [2.75, 3.05) is 7.11 Å². The normalized spacial score (nSPS) is 11.8. The van der Waals surface area contributed by atoms with E-state index < -0.39 is 0 Å². The number of hydrogen-bond acceptors (Lipinski definition) is 6. The number of thiazole rings is 2. The molecule has 0 unspecified atom stereocenters. The SMILES string of the molecule is COc1ccc(C(C)=NCc2nc(-c3sc(C)nc3C)cs2)cc1. The lowest BCUT2D eigenvalue weighted by Crippen LogP contribution is -1.96. The first-order valence-electron chi connectivity index (χ1n) is 7.61. The van der Waals surface area contributed by atoms with Crippen LogP contribution >= 0.6 is 22.7 Å². The molecule has 0 radical (unpaired) electrons. The molecule has 0 saturated carbocycles. The molecule has 0 atom stereocenters. The summed E-state index contributed by atoms with van der Waals surface area (Å²) < 4.78 is 5.18. The summed E-state index contributed by atoms with van der Waals surface area (Å²) in [6.45, 7) is 6.67. The van der Waals surface area contributed by atoms with Crippen LogP contribution in [-0.4, -0.2) is 22.8 Å². The van der Waals surface area contributed by atoms with Gasteiger partial charge in [0.1, 0.15) is 10.8 Å². The zero-order valence-corrected chi connectivity index (χ0v) is 15.8. The van der Waals surface area contributed by atoms with Crippen LogP contribution in [0.15, 0.2) is 34.6 Å². The second-order valence-electron chi connectivity index (χ2n) is 5.40. The lowest BCUT2D eigenvalue weighted by Gasteiger charge is -2.03. The Morgan fingerprint density at radius 3 is 2.54 bits per heavy atom. The summed E-state index contributed by atoms with van der Waals surface area (Å²) in [7, 11) is 1.67. The van der Waals surface area contributed by atoms with Crippen molar-refractivity contribution in [3.05, 3.63) is 50.9 Å². The summed E-state index contributed by atoms with van der Waals surface area (Å²) in [5, 5.41) is 4.18. The Balaban J connectivity index is 1.73. The van der Waals surface area contributed by atoms with Gasteiger partial charge in [0.25, 0.3) is 0 Å². The Morgan fingerprint density at radius 2 is 1.92 bits per heavy atom. The van der Waals surface area contributed by atoms with Crippen LogP contribution in [0.2, 0.25) is 0 Å². The van der Waals surface area contributed by atoms with Gasteiger partial charge >= 0.3 is 0 Å². The molecule has 0 aliphatic heterocycles. The largest absolute Gasteiger partial charge is 0.497 e. The zero-order chi connectivity index (χ0) is 17.1. The lowest BCUT2D eigenvalue weighted by atomic mass is 10.1. The van der Waals surface area contributed by atoms with Gasteiger partial charge < -0.3 is 4.74 Å². The highest BCUT2D eigenvalue weighted by Gasteiger charge is 2.11. The van der Waals surface area contributed by atoms with Gasteiger partial charge in [-0.2, -0.15) is 0 Å². The number of methoxy groups -OCH3 is 1. The molecule has 0 spiro atoms. The minimum atomic E-state index is 0.597. The average Bonchev–Trinajstić information content (AvgIpc) is 3.18. The highest BCUT2D eigenvalue weighted by molar-refractivity contribution is 7.15. The van der Waals surface area contributed by atoms with Crippen molar-refractivity contribution in [2.45, 2.75) is 27.3 Å². The summed E-state index contributed by atoms with van der Waals surface area (Å²) in [6, 6.07) is 7.94. The van der Waals surface area contributed by atoms with Crippen molar-refractivity contribution in [3.63, 3.8) is 0 Å². The van der Waals surface area contributed by atoms with Gasteiger partial charge in [-0.3, -0.25) is 4.99 Å². The lowest BCUT2D eigenvalue weighted by molar-refractivity contribution is 0.415. The van der Waals surface area contributed by atoms with Crippen molar-refractivity contribution >= 4 is 28.4 Å². The van der Waals surface area contributed by atoms with E-state index in [2.05, 4.69) is 15.4 Å². The number of nitrogens with zero attached hydrogens (tertiary/aromatic N) is 3. The van der Waals surface area contributed by atoms with Crippen molar-refractivity contribution in [3.8, 4) is 16.3 Å². The Morgan fingerprint density at radius 1 is 1.17 bits per heavy atom. The van der Waals surface area contributed by atoms with Crippen LogP contribution in [-0.2, 0) is 6.54 Å². The van der Waals surface area contributed by atoms with E-state index in [1.807, 2.05) is 45.0 Å². The third-order valence-electron chi connectivity index (χ3n) is 3.65. The van der Waals surface area contributed by atoms with E-state index in [4.69, 9.17) is 9.72 Å². The van der Waals surface area contributed by atoms with Crippen LogP contribution in [0.1, 0.15) is 28.2 Å². The first-order chi connectivity index (χ1) is 11.6. The molecule has 1 aromatic carbocycles. The fourth-order valence-electron chi connectivity index (χ4n) is 2.37. The monoisotopic (exact) mass is 357 g/mol. The number of benzene rings is 1. The molecule has 6 heteroatoms. The summed E-state index contributed by atoms with van der Waals surface area (Å²) in [5.41, 5.74) is 4.16. The minimum absolute atomic E-state index is 0.597. The fraction of sp³-hybridized carbons (Fsp3) is 0.278. The van der Waals surface area contributed by atoms with E-state index in [1.165, 1.54) is 0 Å². The fourth-order valence-corrected chi connectivity index (χ4v) is 4.03. The molecule has 124 valence electrons. The second kappa shape index (κ2) is 7.23. The number of hydrogen-bond donors (Lipinski definition) is 0. The van der Waals surface area contributed by atoms with E-state index in [9.17, 15) is 0 Å². The Labute approximate surface area is 149 Å². The first-order valence-corrected chi connectivity index (χ1v) is 9.30. The van der Waals surface area contributed by atoms with Gasteiger partial charge in [0.15, 0.2) is 0 Å². The van der Waals surface area contributed by atoms with Gasteiger partial charge in [-0.1, -0.05) is 0 Å². The Hall–Kier alpha value is -2.05. The van der Waals surface area contributed by atoms with E-state index in [0.717, 1.165) is 43.3 Å². The van der Waals surface area contributed by atoms with Crippen molar-refractivity contribution < 1.29 is 4.74 Å². The van der Waals surface area contributed by atoms with Crippen molar-refractivity contribution in [1.29, 1.82) is 0 Å². The summed E-state index contributed by atoms with van der Waals surface area (Å²) in [5.74, 6) is 0.853. The van der Waals surface area contributed by atoms with Crippen molar-refractivity contribution in [1.82, 2.24) is 9.97 Å². The molecule has 0 aliphatic rings. The molecule has 24 heavy (non-hydrogen) atoms. The summed E-state index contributed by atoms with van der Waals surface area (Å²) in [6.07, 6.45) is 0. The molecule has 0 N–H and O–H groups in total. The number of aliphatic imine (C=N–C) groups is 1. The molecule has 0 fully saturated rings. The van der Waals surface area contributed by atoms with Gasteiger partial charge in [-0.25, -0.2) is 9.97 Å². The summed E-state index contributed by atoms with van der Waals surface area (Å²) in [4.78, 5) is 15.0. The van der Waals surface area contributed by atoms with Crippen LogP contribution in [0.3, 0.4) is 0 Å². The number of aryl methyl sites for hydroxylation is 2. The smallest absolute Gasteiger partial charge is 0.118 e. The molecule has 0 amide bonds. The summed E-state index contributed by atoms with van der Waals surface area (Å²) >= 11 is 3.34. The molecule has 3 rings (SSSR count). The standard InChI is InChI=1S/C18H19N3OS2/c1-11(14-5-7-15(22-4)8-6-14)19-9-17-21-16(10-23-17)18-12(2)20-13(3)24-18/h5-8,10H,9H2,1-4H3. The molecule has 2 aromatic heterocycles. The van der Waals surface area contributed by atoms with Gasteiger partial charge in [-0.15, -0.1) is 22.7 Å². The average molecular weight is 358 g/mol. The maximum absolute atomic E-state index is 5.18. The van der Waals surface area contributed by atoms with Crippen LogP contribution in [0.4, 0.5) is 0 Å². The second-order valence-corrected chi connectivity index (χ2v) is 7.55. The van der Waals surface area contributed by atoms with Crippen molar-refractivity contribution in [2.24, 2.45) is 4.99 Å². The molecule has 4 nitrogen and oxygen atoms in total. The topological polar surface area (TPSA) is 47.4 Å². The minimum Gasteiger partial charge on any atom is -0.497 e.